The fourth-order valence-corrected chi connectivity index (χ4v) is 2.23. The Morgan fingerprint density at radius 1 is 1.22 bits per heavy atom. The Labute approximate surface area is 107 Å². The van der Waals surface area contributed by atoms with Crippen LogP contribution in [0.3, 0.4) is 0 Å². The fraction of sp³-hybridized carbons (Fsp3) is 0.462. The molecule has 18 heavy (non-hydrogen) atoms. The van der Waals surface area contributed by atoms with Crippen molar-refractivity contribution < 1.29 is 4.79 Å². The molecule has 0 aliphatic heterocycles. The Hall–Kier alpha value is -1.75. The summed E-state index contributed by atoms with van der Waals surface area (Å²) in [5.74, 6) is 0. The highest BCUT2D eigenvalue weighted by Gasteiger charge is 2.21. The summed E-state index contributed by atoms with van der Waals surface area (Å²) in [5, 5.41) is 8.69. The van der Waals surface area contributed by atoms with Crippen molar-refractivity contribution in [1.82, 2.24) is 5.32 Å². The number of nitrogens with two attached hydrogens (primary N) is 1. The first-order valence-corrected chi connectivity index (χ1v) is 6.28. The number of carbonyl (C=O) groups excluding carboxylic acids is 1. The van der Waals surface area contributed by atoms with Gasteiger partial charge in [-0.15, -0.1) is 0 Å². The first-order chi connectivity index (χ1) is 8.67. The van der Waals surface area contributed by atoms with E-state index in [1.807, 2.05) is 24.3 Å². The second-order valence-corrected chi connectivity index (χ2v) is 4.70. The summed E-state index contributed by atoms with van der Waals surface area (Å²) in [6, 6.07) is 8.29. The lowest BCUT2D eigenvalue weighted by Crippen LogP contribution is -2.24. The van der Waals surface area contributed by atoms with Gasteiger partial charge in [0, 0.05) is 30.5 Å². The van der Waals surface area contributed by atoms with Crippen molar-refractivity contribution in [3.63, 3.8) is 0 Å². The second-order valence-electron chi connectivity index (χ2n) is 4.70. The molecule has 0 saturated heterocycles. The van der Waals surface area contributed by atoms with Gasteiger partial charge in [-0.25, -0.2) is 4.79 Å². The molecule has 1 aliphatic rings. The van der Waals surface area contributed by atoms with E-state index in [1.54, 1.807) is 7.05 Å². The van der Waals surface area contributed by atoms with E-state index in [0.717, 1.165) is 30.6 Å². The lowest BCUT2D eigenvalue weighted by molar-refractivity contribution is 0.254. The fourth-order valence-electron chi connectivity index (χ4n) is 2.23. The number of carbonyl (C=O) groups is 1. The number of hydrogen-bond acceptors (Lipinski definition) is 3. The van der Waals surface area contributed by atoms with Crippen LogP contribution in [-0.4, -0.2) is 25.2 Å². The minimum absolute atomic E-state index is 0.211. The molecule has 1 aliphatic carbocycles. The van der Waals surface area contributed by atoms with Crippen molar-refractivity contribution in [2.45, 2.75) is 31.3 Å². The number of hydrogen-bond donors (Lipinski definition) is 4. The van der Waals surface area contributed by atoms with Crippen LogP contribution in [0.1, 0.15) is 19.3 Å². The molecule has 0 aromatic heterocycles. The van der Waals surface area contributed by atoms with Crippen LogP contribution in [0.15, 0.2) is 24.3 Å². The van der Waals surface area contributed by atoms with Gasteiger partial charge in [0.05, 0.1) is 0 Å². The molecule has 2 rings (SSSR count). The monoisotopic (exact) mass is 248 g/mol. The number of benzene rings is 1. The van der Waals surface area contributed by atoms with Gasteiger partial charge in [0.2, 0.25) is 0 Å². The van der Waals surface area contributed by atoms with Crippen LogP contribution < -0.4 is 21.7 Å². The first kappa shape index (κ1) is 12.7. The molecule has 0 radical (unpaired) electrons. The van der Waals surface area contributed by atoms with Crippen molar-refractivity contribution in [3.05, 3.63) is 24.3 Å². The highest BCUT2D eigenvalue weighted by Crippen LogP contribution is 2.22. The van der Waals surface area contributed by atoms with Crippen molar-refractivity contribution in [2.75, 3.05) is 17.7 Å². The van der Waals surface area contributed by atoms with Crippen molar-refractivity contribution in [1.29, 1.82) is 0 Å². The molecule has 2 amide bonds. The van der Waals surface area contributed by atoms with Crippen molar-refractivity contribution in [3.8, 4) is 0 Å². The standard InChI is InChI=1S/C13H20N4O/c1-15-13(18)17-11-6-4-10(5-7-11)16-12-3-2-9(14)8-12/h4-7,9,12,16H,2-3,8,14H2,1H3,(H2,15,17,18). The lowest BCUT2D eigenvalue weighted by atomic mass is 10.2. The third-order valence-electron chi connectivity index (χ3n) is 3.21. The number of nitrogens with one attached hydrogen (secondary N) is 3. The summed E-state index contributed by atoms with van der Waals surface area (Å²) in [7, 11) is 1.59. The van der Waals surface area contributed by atoms with Crippen molar-refractivity contribution in [2.24, 2.45) is 5.73 Å². The Bertz CT molecular complexity index is 404. The van der Waals surface area contributed by atoms with E-state index in [0.29, 0.717) is 12.1 Å². The SMILES string of the molecule is CNC(=O)Nc1ccc(NC2CCC(N)C2)cc1. The largest absolute Gasteiger partial charge is 0.382 e. The molecule has 0 heterocycles. The van der Waals surface area contributed by atoms with Gasteiger partial charge in [-0.1, -0.05) is 0 Å². The van der Waals surface area contributed by atoms with Gasteiger partial charge in [-0.2, -0.15) is 0 Å². The predicted octanol–water partition coefficient (Wildman–Crippen LogP) is 1.73. The van der Waals surface area contributed by atoms with E-state index in [2.05, 4.69) is 16.0 Å². The van der Waals surface area contributed by atoms with Gasteiger partial charge in [0.15, 0.2) is 0 Å². The number of anilines is 2. The highest BCUT2D eigenvalue weighted by atomic mass is 16.2. The summed E-state index contributed by atoms with van der Waals surface area (Å²) in [6.45, 7) is 0. The summed E-state index contributed by atoms with van der Waals surface area (Å²) in [5.41, 5.74) is 7.73. The van der Waals surface area contributed by atoms with Gasteiger partial charge in [-0.05, 0) is 43.5 Å². The van der Waals surface area contributed by atoms with Crippen LogP contribution in [0.4, 0.5) is 16.2 Å². The zero-order chi connectivity index (χ0) is 13.0. The van der Waals surface area contributed by atoms with Crippen LogP contribution in [0.5, 0.6) is 0 Å². The molecule has 1 aromatic rings. The minimum atomic E-state index is -0.211. The van der Waals surface area contributed by atoms with Crippen LogP contribution >= 0.6 is 0 Å². The van der Waals surface area contributed by atoms with E-state index in [1.165, 1.54) is 0 Å². The zero-order valence-electron chi connectivity index (χ0n) is 10.6. The lowest BCUT2D eigenvalue weighted by Gasteiger charge is -2.14. The summed E-state index contributed by atoms with van der Waals surface area (Å²) in [4.78, 5) is 11.1. The van der Waals surface area contributed by atoms with Crippen LogP contribution in [0.2, 0.25) is 0 Å². The molecule has 1 saturated carbocycles. The maximum Gasteiger partial charge on any atom is 0.318 e. The van der Waals surface area contributed by atoms with Crippen molar-refractivity contribution >= 4 is 17.4 Å². The Morgan fingerprint density at radius 3 is 2.44 bits per heavy atom. The van der Waals surface area contributed by atoms with Gasteiger partial charge in [0.25, 0.3) is 0 Å². The number of rotatable bonds is 3. The molecular formula is C13H20N4O. The molecule has 2 atom stereocenters. The summed E-state index contributed by atoms with van der Waals surface area (Å²) < 4.78 is 0. The predicted molar refractivity (Wildman–Crippen MR) is 73.8 cm³/mol. The van der Waals surface area contributed by atoms with E-state index < -0.39 is 0 Å². The Kier molecular flexibility index (Phi) is 4.04. The molecule has 1 fully saturated rings. The normalized spacial score (nSPS) is 22.6. The molecule has 5 nitrogen and oxygen atoms in total. The smallest absolute Gasteiger partial charge is 0.318 e. The van der Waals surface area contributed by atoms with Gasteiger partial charge in [0.1, 0.15) is 0 Å². The minimum Gasteiger partial charge on any atom is -0.382 e. The average Bonchev–Trinajstić information content (AvgIpc) is 2.77. The molecular weight excluding hydrogens is 228 g/mol. The van der Waals surface area contributed by atoms with E-state index >= 15 is 0 Å². The molecule has 5 N–H and O–H groups in total. The van der Waals surface area contributed by atoms with Gasteiger partial charge >= 0.3 is 6.03 Å². The van der Waals surface area contributed by atoms with Crippen LogP contribution in [0, 0.1) is 0 Å². The summed E-state index contributed by atoms with van der Waals surface area (Å²) >= 11 is 0. The first-order valence-electron chi connectivity index (χ1n) is 6.28. The van der Waals surface area contributed by atoms with E-state index in [4.69, 9.17) is 5.73 Å². The van der Waals surface area contributed by atoms with Gasteiger partial charge in [-0.3, -0.25) is 0 Å². The molecule has 2 unspecified atom stereocenters. The average molecular weight is 248 g/mol. The van der Waals surface area contributed by atoms with Gasteiger partial charge < -0.3 is 21.7 Å². The third-order valence-corrected chi connectivity index (χ3v) is 3.21. The quantitative estimate of drug-likeness (QED) is 0.657. The third kappa shape index (κ3) is 3.37. The van der Waals surface area contributed by atoms with E-state index in [-0.39, 0.29) is 6.03 Å². The topological polar surface area (TPSA) is 79.2 Å². The Balaban J connectivity index is 1.89. The Morgan fingerprint density at radius 2 is 1.89 bits per heavy atom. The second kappa shape index (κ2) is 5.73. The molecule has 98 valence electrons. The number of amides is 2. The maximum absolute atomic E-state index is 11.1. The molecule has 0 bridgehead atoms. The zero-order valence-corrected chi connectivity index (χ0v) is 10.6. The van der Waals surface area contributed by atoms with Crippen LogP contribution in [-0.2, 0) is 0 Å². The highest BCUT2D eigenvalue weighted by molar-refractivity contribution is 5.89. The maximum atomic E-state index is 11.1. The summed E-state index contributed by atoms with van der Waals surface area (Å²) in [6.07, 6.45) is 3.24. The molecule has 0 spiro atoms. The molecule has 5 heteroatoms. The number of urea groups is 1. The van der Waals surface area contributed by atoms with Crippen LogP contribution in [0.25, 0.3) is 0 Å². The van der Waals surface area contributed by atoms with E-state index in [9.17, 15) is 4.79 Å². The molecule has 1 aromatic carbocycles.